The molecule has 3 heteroatoms. The summed E-state index contributed by atoms with van der Waals surface area (Å²) in [5.41, 5.74) is 6.16. The van der Waals surface area contributed by atoms with Crippen LogP contribution >= 0.6 is 0 Å². The molecule has 22 heavy (non-hydrogen) atoms. The first-order valence-electron chi connectivity index (χ1n) is 8.02. The molecular weight excluding hydrogens is 281 g/mol. The number of hydrogen-bond donors (Lipinski definition) is 0. The second-order valence-corrected chi connectivity index (χ2v) is 12.7. The van der Waals surface area contributed by atoms with Crippen molar-refractivity contribution in [2.45, 2.75) is 46.0 Å². The van der Waals surface area contributed by atoms with Gasteiger partial charge in [0.05, 0.1) is 5.54 Å². The van der Waals surface area contributed by atoms with Crippen LogP contribution in [-0.4, -0.2) is 24.4 Å². The second-order valence-electron chi connectivity index (χ2n) is 7.84. The van der Waals surface area contributed by atoms with E-state index < -0.39 is 8.24 Å². The summed E-state index contributed by atoms with van der Waals surface area (Å²) in [7, 11) is -1.54. The van der Waals surface area contributed by atoms with Crippen molar-refractivity contribution in [3.63, 3.8) is 0 Å². The number of nitrogens with zero attached hydrogens (tertiary/aromatic N) is 1. The van der Waals surface area contributed by atoms with Crippen LogP contribution in [-0.2, 0) is 0 Å². The van der Waals surface area contributed by atoms with E-state index in [1.54, 1.807) is 0 Å². The van der Waals surface area contributed by atoms with Crippen molar-refractivity contribution < 1.29 is 4.14 Å². The average molecular weight is 308 g/mol. The van der Waals surface area contributed by atoms with Crippen molar-refractivity contribution in [1.29, 1.82) is 0 Å². The largest absolute Gasteiger partial charge is 0.578 e. The zero-order valence-corrected chi connectivity index (χ0v) is 15.7. The Bertz CT molecular complexity index is 651. The molecule has 0 aromatic heterocycles. The predicted molar refractivity (Wildman–Crippen MR) is 101 cm³/mol. The zero-order chi connectivity index (χ0) is 16.4. The third kappa shape index (κ3) is 3.79. The lowest BCUT2D eigenvalue weighted by Gasteiger charge is -2.43. The maximum absolute atomic E-state index is 3.45. The molecule has 2 rings (SSSR count). The van der Waals surface area contributed by atoms with Gasteiger partial charge in [0.25, 0.3) is 8.24 Å². The third-order valence-electron chi connectivity index (χ3n) is 3.85. The molecule has 1 nitrogen and oxygen atoms in total. The van der Waals surface area contributed by atoms with E-state index in [9.17, 15) is 0 Å². The van der Waals surface area contributed by atoms with Gasteiger partial charge in [0.2, 0.25) is 0 Å². The van der Waals surface area contributed by atoms with Gasteiger partial charge in [-0.1, -0.05) is 12.2 Å². The number of hydrogen-bond acceptors (Lipinski definition) is 0. The van der Waals surface area contributed by atoms with Crippen LogP contribution in [0.15, 0.2) is 65.3 Å². The highest BCUT2D eigenvalue weighted by molar-refractivity contribution is 6.74. The Balaban J connectivity index is 2.76. The topological polar surface area (TPSA) is 3.01 Å². The SMILES string of the molecule is CC(C)(C)/[N+](=[B-](\C1=C=CC=C1)C1=C[CH-]C=CC=C1)[Si](C)(C)C. The van der Waals surface area contributed by atoms with E-state index in [0.717, 1.165) is 0 Å². The smallest absolute Gasteiger partial charge is 0.291 e. The molecule has 0 heterocycles. The number of allylic oxidation sites excluding steroid dienone is 9. The number of rotatable bonds is 3. The molecule has 0 aromatic carbocycles. The average Bonchev–Trinajstić information content (AvgIpc) is 2.75. The lowest BCUT2D eigenvalue weighted by atomic mass is 9.55. The van der Waals surface area contributed by atoms with Crippen LogP contribution in [0.5, 0.6) is 0 Å². The Labute approximate surface area is 137 Å². The zero-order valence-electron chi connectivity index (χ0n) is 14.7. The molecule has 0 aliphatic heterocycles. The Morgan fingerprint density at radius 2 is 1.82 bits per heavy atom. The first-order valence-corrected chi connectivity index (χ1v) is 11.5. The molecule has 0 bridgehead atoms. The maximum Gasteiger partial charge on any atom is 0.291 e. The fourth-order valence-electron chi connectivity index (χ4n) is 3.46. The van der Waals surface area contributed by atoms with Gasteiger partial charge in [-0.05, 0) is 46.5 Å². The first kappa shape index (κ1) is 16.8. The van der Waals surface area contributed by atoms with E-state index in [0.29, 0.717) is 0 Å². The molecule has 0 radical (unpaired) electrons. The van der Waals surface area contributed by atoms with Crippen molar-refractivity contribution in [3.05, 3.63) is 71.7 Å². The van der Waals surface area contributed by atoms with Gasteiger partial charge in [-0.2, -0.15) is 36.5 Å². The van der Waals surface area contributed by atoms with Gasteiger partial charge in [-0.25, -0.2) is 5.47 Å². The van der Waals surface area contributed by atoms with Gasteiger partial charge in [0.1, 0.15) is 6.51 Å². The fraction of sp³-hybridized carbons (Fsp3) is 0.368. The summed E-state index contributed by atoms with van der Waals surface area (Å²) in [4.78, 5) is 0. The van der Waals surface area contributed by atoms with Gasteiger partial charge in [0.15, 0.2) is 0 Å². The Kier molecular flexibility index (Phi) is 4.79. The Morgan fingerprint density at radius 1 is 1.09 bits per heavy atom. The van der Waals surface area contributed by atoms with E-state index in [1.165, 1.54) is 10.9 Å². The van der Waals surface area contributed by atoms with E-state index in [1.807, 2.05) is 6.08 Å². The van der Waals surface area contributed by atoms with E-state index in [2.05, 4.69) is 99.2 Å². The van der Waals surface area contributed by atoms with Crippen molar-refractivity contribution in [2.24, 2.45) is 0 Å². The van der Waals surface area contributed by atoms with Crippen LogP contribution in [0.1, 0.15) is 20.8 Å². The molecule has 0 N–H and O–H groups in total. The van der Waals surface area contributed by atoms with Crippen LogP contribution in [0.4, 0.5) is 0 Å². The molecule has 0 unspecified atom stereocenters. The minimum atomic E-state index is -1.54. The summed E-state index contributed by atoms with van der Waals surface area (Å²) in [6, 6.07) is 0. The lowest BCUT2D eigenvalue weighted by Crippen LogP contribution is -2.53. The van der Waals surface area contributed by atoms with Crippen LogP contribution in [0.2, 0.25) is 19.6 Å². The van der Waals surface area contributed by atoms with Crippen molar-refractivity contribution in [3.8, 4) is 0 Å². The molecule has 0 saturated carbocycles. The summed E-state index contributed by atoms with van der Waals surface area (Å²) >= 11 is 0. The minimum absolute atomic E-state index is 0.106. The van der Waals surface area contributed by atoms with Crippen LogP contribution in [0, 0.1) is 6.42 Å². The van der Waals surface area contributed by atoms with Crippen molar-refractivity contribution in [2.75, 3.05) is 0 Å². The molecule has 2 aliphatic rings. The first-order chi connectivity index (χ1) is 10.2. The second kappa shape index (κ2) is 6.28. The monoisotopic (exact) mass is 308 g/mol. The minimum Gasteiger partial charge on any atom is -0.578 e. The van der Waals surface area contributed by atoms with Crippen LogP contribution in [0.3, 0.4) is 0 Å². The van der Waals surface area contributed by atoms with Crippen LogP contribution in [0.25, 0.3) is 0 Å². The van der Waals surface area contributed by atoms with Gasteiger partial charge in [0, 0.05) is 0 Å². The molecule has 0 aromatic rings. The third-order valence-corrected chi connectivity index (χ3v) is 6.22. The molecule has 116 valence electrons. The highest BCUT2D eigenvalue weighted by Gasteiger charge is 2.32. The summed E-state index contributed by atoms with van der Waals surface area (Å²) in [5.74, 6) is 0. The van der Waals surface area contributed by atoms with Gasteiger partial charge in [-0.15, -0.1) is 11.5 Å². The molecule has 2 aliphatic carbocycles. The van der Waals surface area contributed by atoms with Gasteiger partial charge < -0.3 is 4.14 Å². The summed E-state index contributed by atoms with van der Waals surface area (Å²) in [5, 5.41) is 0. The quantitative estimate of drug-likeness (QED) is 0.397. The normalized spacial score (nSPS) is 18.6. The molecule has 0 amide bonds. The fourth-order valence-corrected chi connectivity index (χ4v) is 6.54. The van der Waals surface area contributed by atoms with Gasteiger partial charge in [-0.3, -0.25) is 0 Å². The van der Waals surface area contributed by atoms with Crippen molar-refractivity contribution in [1.82, 2.24) is 0 Å². The highest BCUT2D eigenvalue weighted by Crippen LogP contribution is 2.23. The summed E-state index contributed by atoms with van der Waals surface area (Å²) in [6.45, 7) is 14.5. The van der Waals surface area contributed by atoms with E-state index in [4.69, 9.17) is 0 Å². The summed E-state index contributed by atoms with van der Waals surface area (Å²) in [6.07, 6.45) is 19.3. The molecular formula is C19H27BNSi-. The van der Waals surface area contributed by atoms with Crippen molar-refractivity contribution >= 4 is 14.7 Å². The molecule has 0 saturated heterocycles. The summed E-state index contributed by atoms with van der Waals surface area (Å²) < 4.78 is 2.72. The highest BCUT2D eigenvalue weighted by atomic mass is 28.3. The predicted octanol–water partition coefficient (Wildman–Crippen LogP) is 4.88. The van der Waals surface area contributed by atoms with Crippen LogP contribution < -0.4 is 0 Å². The van der Waals surface area contributed by atoms with Gasteiger partial charge >= 0.3 is 0 Å². The standard InChI is InChI=1S/C19H27BNSi/c1-19(2,3)21(22(4,5)6)20(18-15-11-12-16-18)17-13-9-7-8-10-14-17/h7-15H,1-6H3/q-1. The van der Waals surface area contributed by atoms with E-state index in [-0.39, 0.29) is 12.0 Å². The lowest BCUT2D eigenvalue weighted by molar-refractivity contribution is -0.472. The Hall–Kier alpha value is -1.57. The molecule has 0 fully saturated rings. The Morgan fingerprint density at radius 3 is 2.36 bits per heavy atom. The van der Waals surface area contributed by atoms with E-state index >= 15 is 0 Å². The maximum atomic E-state index is 3.45. The molecule has 0 atom stereocenters. The molecule has 0 spiro atoms.